The van der Waals surface area contributed by atoms with Crippen LogP contribution in [0.5, 0.6) is 0 Å². The maximum Gasteiger partial charge on any atom is 0.154 e. The first-order valence-corrected chi connectivity index (χ1v) is 5.44. The molecule has 0 saturated carbocycles. The minimum Gasteiger partial charge on any atom is -0.379 e. The van der Waals surface area contributed by atoms with E-state index in [1.54, 1.807) is 17.9 Å². The Morgan fingerprint density at radius 3 is 2.71 bits per heavy atom. The summed E-state index contributed by atoms with van der Waals surface area (Å²) in [7, 11) is 1.73. The molecule has 0 fully saturated rings. The third kappa shape index (κ3) is 2.03. The lowest BCUT2D eigenvalue weighted by atomic mass is 10.2. The predicted octanol–water partition coefficient (Wildman–Crippen LogP) is 1.64. The summed E-state index contributed by atoms with van der Waals surface area (Å²) < 4.78 is 1.58. The molecule has 1 aromatic carbocycles. The number of nitrogens with one attached hydrogen (secondary N) is 1. The summed E-state index contributed by atoms with van der Waals surface area (Å²) in [5.41, 5.74) is 1.93. The van der Waals surface area contributed by atoms with Gasteiger partial charge in [0.25, 0.3) is 0 Å². The van der Waals surface area contributed by atoms with Gasteiger partial charge in [-0.3, -0.25) is 0 Å². The Labute approximate surface area is 104 Å². The number of thiocarbonyl (C=S) groups is 1. The third-order valence-corrected chi connectivity index (χ3v) is 2.77. The van der Waals surface area contributed by atoms with Crippen molar-refractivity contribution in [1.82, 2.24) is 15.1 Å². The van der Waals surface area contributed by atoms with E-state index in [-0.39, 0.29) is 0 Å². The highest BCUT2D eigenvalue weighted by molar-refractivity contribution is 7.80. The molecule has 0 aliphatic rings. The van der Waals surface area contributed by atoms with Crippen LogP contribution in [-0.4, -0.2) is 21.8 Å². The van der Waals surface area contributed by atoms with Gasteiger partial charge in [0.05, 0.1) is 17.4 Å². The number of nitriles is 1. The summed E-state index contributed by atoms with van der Waals surface area (Å²) in [6, 6.07) is 11.6. The van der Waals surface area contributed by atoms with Crippen molar-refractivity contribution in [3.8, 4) is 11.8 Å². The van der Waals surface area contributed by atoms with Gasteiger partial charge in [-0.15, -0.1) is 0 Å². The molecule has 0 bridgehead atoms. The highest BCUT2D eigenvalue weighted by Gasteiger charge is 2.14. The van der Waals surface area contributed by atoms with Crippen molar-refractivity contribution in [3.05, 3.63) is 47.8 Å². The van der Waals surface area contributed by atoms with Crippen LogP contribution in [0.15, 0.2) is 36.5 Å². The van der Waals surface area contributed by atoms with Crippen molar-refractivity contribution >= 4 is 17.2 Å². The molecular formula is C12H10N4S. The Morgan fingerprint density at radius 1 is 1.41 bits per heavy atom. The molecule has 1 aromatic heterocycles. The van der Waals surface area contributed by atoms with E-state index in [1.807, 2.05) is 30.3 Å². The minimum atomic E-state index is 0.440. The average molecular weight is 242 g/mol. The second-order valence-electron chi connectivity index (χ2n) is 3.35. The molecule has 0 amide bonds. The van der Waals surface area contributed by atoms with Crippen LogP contribution in [0.1, 0.15) is 11.3 Å². The van der Waals surface area contributed by atoms with Crippen molar-refractivity contribution in [2.24, 2.45) is 0 Å². The van der Waals surface area contributed by atoms with Crippen molar-refractivity contribution < 1.29 is 0 Å². The molecule has 0 spiro atoms. The monoisotopic (exact) mass is 242 g/mol. The van der Waals surface area contributed by atoms with Gasteiger partial charge in [0.1, 0.15) is 11.1 Å². The van der Waals surface area contributed by atoms with Gasteiger partial charge >= 0.3 is 0 Å². The van der Waals surface area contributed by atoms with Gasteiger partial charge < -0.3 is 5.32 Å². The van der Waals surface area contributed by atoms with E-state index in [0.29, 0.717) is 16.2 Å². The summed E-state index contributed by atoms with van der Waals surface area (Å²) in [6.45, 7) is 0. The van der Waals surface area contributed by atoms with Crippen LogP contribution in [-0.2, 0) is 0 Å². The number of aromatic nitrogens is 2. The number of nitrogens with zero attached hydrogens (tertiary/aromatic N) is 3. The van der Waals surface area contributed by atoms with E-state index in [1.165, 1.54) is 0 Å². The quantitative estimate of drug-likeness (QED) is 0.813. The normalized spacial score (nSPS) is 9.65. The number of para-hydroxylation sites is 1. The van der Waals surface area contributed by atoms with Crippen molar-refractivity contribution in [2.75, 3.05) is 7.05 Å². The molecule has 0 saturated heterocycles. The largest absolute Gasteiger partial charge is 0.379 e. The lowest BCUT2D eigenvalue weighted by Crippen LogP contribution is -2.17. The summed E-state index contributed by atoms with van der Waals surface area (Å²) in [4.78, 5) is 0.517. The molecule has 0 atom stereocenters. The lowest BCUT2D eigenvalue weighted by Gasteiger charge is -2.03. The highest BCUT2D eigenvalue weighted by Crippen LogP contribution is 2.14. The maximum absolute atomic E-state index is 9.20. The Balaban J connectivity index is 2.55. The second-order valence-corrected chi connectivity index (χ2v) is 3.75. The summed E-state index contributed by atoms with van der Waals surface area (Å²) in [5, 5.41) is 16.2. The van der Waals surface area contributed by atoms with Gasteiger partial charge in [-0.2, -0.15) is 10.4 Å². The van der Waals surface area contributed by atoms with Crippen molar-refractivity contribution in [2.45, 2.75) is 0 Å². The molecule has 1 N–H and O–H groups in total. The molecule has 4 nitrogen and oxygen atoms in total. The van der Waals surface area contributed by atoms with E-state index in [2.05, 4.69) is 16.5 Å². The van der Waals surface area contributed by atoms with Gasteiger partial charge in [-0.05, 0) is 12.1 Å². The van der Waals surface area contributed by atoms with Crippen LogP contribution in [0.2, 0.25) is 0 Å². The summed E-state index contributed by atoms with van der Waals surface area (Å²) in [5.74, 6) is 0. The first kappa shape index (κ1) is 11.3. The molecule has 5 heteroatoms. The van der Waals surface area contributed by atoms with Crippen molar-refractivity contribution in [3.63, 3.8) is 0 Å². The zero-order valence-corrected chi connectivity index (χ0v) is 10.0. The van der Waals surface area contributed by atoms with Gasteiger partial charge in [-0.1, -0.05) is 30.4 Å². The molecule has 17 heavy (non-hydrogen) atoms. The molecule has 0 radical (unpaired) electrons. The van der Waals surface area contributed by atoms with E-state index in [9.17, 15) is 5.26 Å². The first-order valence-electron chi connectivity index (χ1n) is 5.03. The molecule has 0 aliphatic heterocycles. The Hall–Kier alpha value is -2.19. The van der Waals surface area contributed by atoms with Gasteiger partial charge in [0.2, 0.25) is 0 Å². The fraction of sp³-hybridized carbons (Fsp3) is 0.0833. The maximum atomic E-state index is 9.20. The zero-order chi connectivity index (χ0) is 12.3. The predicted molar refractivity (Wildman–Crippen MR) is 69.0 cm³/mol. The minimum absolute atomic E-state index is 0.440. The smallest absolute Gasteiger partial charge is 0.154 e. The molecule has 0 aliphatic carbocycles. The van der Waals surface area contributed by atoms with Gasteiger partial charge in [0.15, 0.2) is 5.69 Å². The summed E-state index contributed by atoms with van der Waals surface area (Å²) >= 11 is 5.12. The highest BCUT2D eigenvalue weighted by atomic mass is 32.1. The molecular weight excluding hydrogens is 232 g/mol. The molecule has 2 aromatic rings. The van der Waals surface area contributed by atoms with Crippen LogP contribution in [0.3, 0.4) is 0 Å². The number of hydrogen-bond donors (Lipinski definition) is 1. The van der Waals surface area contributed by atoms with Crippen LogP contribution in [0, 0.1) is 11.3 Å². The molecule has 0 unspecified atom stereocenters. The summed E-state index contributed by atoms with van der Waals surface area (Å²) in [6.07, 6.45) is 1.60. The van der Waals surface area contributed by atoms with Crippen LogP contribution < -0.4 is 5.32 Å². The SMILES string of the molecule is CNC(=S)c1cnn(-c2ccccc2)c1C#N. The Bertz CT molecular complexity index is 580. The lowest BCUT2D eigenvalue weighted by molar-refractivity contribution is 0.866. The number of hydrogen-bond acceptors (Lipinski definition) is 3. The van der Waals surface area contributed by atoms with E-state index < -0.39 is 0 Å². The molecule has 1 heterocycles. The topological polar surface area (TPSA) is 53.6 Å². The first-order chi connectivity index (χ1) is 8.27. The fourth-order valence-electron chi connectivity index (χ4n) is 1.52. The van der Waals surface area contributed by atoms with Crippen LogP contribution in [0.4, 0.5) is 0 Å². The third-order valence-electron chi connectivity index (χ3n) is 2.35. The van der Waals surface area contributed by atoms with Crippen LogP contribution >= 0.6 is 12.2 Å². The van der Waals surface area contributed by atoms with Gasteiger partial charge in [-0.25, -0.2) is 4.68 Å². The number of rotatable bonds is 2. The van der Waals surface area contributed by atoms with E-state index in [4.69, 9.17) is 12.2 Å². The van der Waals surface area contributed by atoms with Gasteiger partial charge in [0, 0.05) is 7.05 Å². The Morgan fingerprint density at radius 2 is 2.12 bits per heavy atom. The zero-order valence-electron chi connectivity index (χ0n) is 9.21. The molecule has 2 rings (SSSR count). The van der Waals surface area contributed by atoms with Crippen LogP contribution in [0.25, 0.3) is 5.69 Å². The van der Waals surface area contributed by atoms with E-state index in [0.717, 1.165) is 5.69 Å². The standard InChI is InChI=1S/C12H10N4S/c1-14-12(17)10-8-15-16(11(10)7-13)9-5-3-2-4-6-9/h2-6,8H,1H3,(H,14,17). The van der Waals surface area contributed by atoms with E-state index >= 15 is 0 Å². The number of benzene rings is 1. The average Bonchev–Trinajstić information content (AvgIpc) is 2.82. The fourth-order valence-corrected chi connectivity index (χ4v) is 1.67. The second kappa shape index (κ2) is 4.76. The Kier molecular flexibility index (Phi) is 3.17. The molecule has 84 valence electrons. The van der Waals surface area contributed by atoms with Crippen molar-refractivity contribution in [1.29, 1.82) is 5.26 Å².